The molecule has 0 aliphatic rings. The van der Waals surface area contributed by atoms with E-state index in [0.29, 0.717) is 5.96 Å². The van der Waals surface area contributed by atoms with Gasteiger partial charge in [0, 0.05) is 13.1 Å². The molecule has 3 nitrogen and oxygen atoms in total. The van der Waals surface area contributed by atoms with Gasteiger partial charge in [-0.05, 0) is 13.8 Å². The molecular weight excluding hydrogens is 126 g/mol. The minimum absolute atomic E-state index is 0.588. The van der Waals surface area contributed by atoms with Gasteiger partial charge in [0.2, 0.25) is 0 Å². The lowest BCUT2D eigenvalue weighted by Crippen LogP contribution is -2.42. The molecular formula is C7H17N3+. The molecule has 0 rings (SSSR count). The van der Waals surface area contributed by atoms with Crippen LogP contribution in [0.25, 0.3) is 0 Å². The van der Waals surface area contributed by atoms with Gasteiger partial charge in [-0.1, -0.05) is 0 Å². The molecule has 3 heteroatoms. The van der Waals surface area contributed by atoms with E-state index in [4.69, 9.17) is 5.41 Å². The van der Waals surface area contributed by atoms with Crippen LogP contribution >= 0.6 is 0 Å². The summed E-state index contributed by atoms with van der Waals surface area (Å²) < 4.78 is 0. The molecule has 0 fully saturated rings. The molecule has 59 valence electrons. The molecule has 0 heterocycles. The number of hydrogen-bond acceptors (Lipinski definition) is 1. The van der Waals surface area contributed by atoms with Gasteiger partial charge in [0.1, 0.15) is 14.1 Å². The van der Waals surface area contributed by atoms with Crippen LogP contribution < -0.4 is 4.90 Å². The molecule has 0 aromatic heterocycles. The zero-order valence-corrected chi connectivity index (χ0v) is 7.31. The summed E-state index contributed by atoms with van der Waals surface area (Å²) in [5.41, 5.74) is 0. The summed E-state index contributed by atoms with van der Waals surface area (Å²) in [6, 6.07) is 0. The Labute approximate surface area is 63.1 Å². The Morgan fingerprint density at radius 2 is 1.70 bits per heavy atom. The van der Waals surface area contributed by atoms with Gasteiger partial charge in [-0.2, -0.15) is 0 Å². The maximum Gasteiger partial charge on any atom is 0.346 e. The van der Waals surface area contributed by atoms with Crippen molar-refractivity contribution in [2.45, 2.75) is 13.8 Å². The SMILES string of the molecule is CCN(CC)C(=N)[N+](C)C. The zero-order valence-electron chi connectivity index (χ0n) is 7.31. The summed E-state index contributed by atoms with van der Waals surface area (Å²) in [6.07, 6.45) is 0. The van der Waals surface area contributed by atoms with Crippen molar-refractivity contribution in [1.82, 2.24) is 9.80 Å². The molecule has 0 aromatic carbocycles. The molecule has 0 atom stereocenters. The molecule has 10 heavy (non-hydrogen) atoms. The van der Waals surface area contributed by atoms with Crippen LogP contribution in [-0.2, 0) is 0 Å². The number of guanidine groups is 1. The van der Waals surface area contributed by atoms with Crippen LogP contribution in [0.5, 0.6) is 0 Å². The Balaban J connectivity index is 3.89. The smallest absolute Gasteiger partial charge is 0.308 e. The van der Waals surface area contributed by atoms with Gasteiger partial charge in [0.25, 0.3) is 0 Å². The lowest BCUT2D eigenvalue weighted by atomic mass is 10.5. The highest BCUT2D eigenvalue weighted by Crippen LogP contribution is 1.88. The van der Waals surface area contributed by atoms with Crippen LogP contribution in [0.3, 0.4) is 0 Å². The van der Waals surface area contributed by atoms with Crippen molar-refractivity contribution in [3.63, 3.8) is 0 Å². The van der Waals surface area contributed by atoms with Crippen molar-refractivity contribution >= 4 is 5.96 Å². The molecule has 0 saturated carbocycles. The standard InChI is InChI=1S/C7H17N3/c1-5-10(6-2)7(8)9(3)4/h8H,5-6H2,1-4H3/q+1. The molecule has 1 N–H and O–H groups in total. The van der Waals surface area contributed by atoms with Gasteiger partial charge in [-0.15, -0.1) is 4.90 Å². The maximum absolute atomic E-state index is 7.55. The average Bonchev–Trinajstić information content (AvgIpc) is 1.90. The van der Waals surface area contributed by atoms with E-state index >= 15 is 0 Å². The minimum atomic E-state index is 0.588. The summed E-state index contributed by atoms with van der Waals surface area (Å²) in [7, 11) is 3.78. The average molecular weight is 143 g/mol. The monoisotopic (exact) mass is 143 g/mol. The summed E-state index contributed by atoms with van der Waals surface area (Å²) in [6.45, 7) is 5.93. The quantitative estimate of drug-likeness (QED) is 0.344. The highest BCUT2D eigenvalue weighted by atomic mass is 15.3. The Bertz CT molecular complexity index is 105. The second-order valence-electron chi connectivity index (χ2n) is 2.39. The van der Waals surface area contributed by atoms with E-state index in [1.807, 2.05) is 23.9 Å². The Kier molecular flexibility index (Phi) is 4.03. The topological polar surface area (TPSA) is 33.0 Å². The molecule has 0 amide bonds. The molecule has 1 radical (unpaired) electrons. The van der Waals surface area contributed by atoms with Crippen LogP contribution in [0.15, 0.2) is 0 Å². The molecule has 0 aromatic rings. The normalized spacial score (nSPS) is 10.1. The molecule has 0 bridgehead atoms. The molecule has 0 saturated heterocycles. The first-order valence-corrected chi connectivity index (χ1v) is 3.64. The second kappa shape index (κ2) is 4.28. The highest BCUT2D eigenvalue weighted by Gasteiger charge is 2.15. The number of rotatable bonds is 2. The van der Waals surface area contributed by atoms with E-state index < -0.39 is 0 Å². The van der Waals surface area contributed by atoms with Crippen LogP contribution in [0.1, 0.15) is 13.8 Å². The first-order chi connectivity index (χ1) is 4.63. The summed E-state index contributed by atoms with van der Waals surface area (Å²) in [4.78, 5) is 3.81. The van der Waals surface area contributed by atoms with Crippen molar-refractivity contribution < 1.29 is 0 Å². The van der Waals surface area contributed by atoms with E-state index in [-0.39, 0.29) is 0 Å². The second-order valence-corrected chi connectivity index (χ2v) is 2.39. The molecule has 0 unspecified atom stereocenters. The first kappa shape index (κ1) is 9.43. The van der Waals surface area contributed by atoms with E-state index in [0.717, 1.165) is 13.1 Å². The Hall–Kier alpha value is -0.570. The third-order valence-corrected chi connectivity index (χ3v) is 1.49. The van der Waals surface area contributed by atoms with Gasteiger partial charge in [-0.3, -0.25) is 0 Å². The van der Waals surface area contributed by atoms with E-state index in [2.05, 4.69) is 13.8 Å². The zero-order chi connectivity index (χ0) is 8.15. The first-order valence-electron chi connectivity index (χ1n) is 3.64. The van der Waals surface area contributed by atoms with Gasteiger partial charge in [0.05, 0.1) is 0 Å². The van der Waals surface area contributed by atoms with E-state index in [1.165, 1.54) is 0 Å². The largest absolute Gasteiger partial charge is 0.346 e. The summed E-state index contributed by atoms with van der Waals surface area (Å²) in [5.74, 6) is 0.588. The number of nitrogens with zero attached hydrogens (tertiary/aromatic N) is 2. The van der Waals surface area contributed by atoms with Gasteiger partial charge in [-0.25, -0.2) is 5.41 Å². The van der Waals surface area contributed by atoms with E-state index in [9.17, 15) is 0 Å². The van der Waals surface area contributed by atoms with Crippen LogP contribution in [-0.4, -0.2) is 38.0 Å². The van der Waals surface area contributed by atoms with Crippen molar-refractivity contribution in [3.8, 4) is 0 Å². The number of hydrogen-bond donors (Lipinski definition) is 1. The predicted octanol–water partition coefficient (Wildman–Crippen LogP) is 0.663. The third kappa shape index (κ3) is 2.35. The minimum Gasteiger partial charge on any atom is -0.308 e. The van der Waals surface area contributed by atoms with Gasteiger partial charge >= 0.3 is 5.96 Å². The Morgan fingerprint density at radius 1 is 1.30 bits per heavy atom. The lowest BCUT2D eigenvalue weighted by molar-refractivity contribution is 0.426. The van der Waals surface area contributed by atoms with E-state index in [1.54, 1.807) is 0 Å². The Morgan fingerprint density at radius 3 is 1.80 bits per heavy atom. The lowest BCUT2D eigenvalue weighted by Gasteiger charge is -2.17. The van der Waals surface area contributed by atoms with Crippen LogP contribution in [0.2, 0.25) is 0 Å². The highest BCUT2D eigenvalue weighted by molar-refractivity contribution is 5.78. The molecule has 0 aliphatic carbocycles. The van der Waals surface area contributed by atoms with Crippen molar-refractivity contribution in [2.24, 2.45) is 0 Å². The van der Waals surface area contributed by atoms with Crippen LogP contribution in [0, 0.1) is 5.41 Å². The van der Waals surface area contributed by atoms with Gasteiger partial charge < -0.3 is 4.90 Å². The fraction of sp³-hybridized carbons (Fsp3) is 0.857. The van der Waals surface area contributed by atoms with Crippen molar-refractivity contribution in [1.29, 1.82) is 5.41 Å². The third-order valence-electron chi connectivity index (χ3n) is 1.49. The predicted molar refractivity (Wildman–Crippen MR) is 44.6 cm³/mol. The summed E-state index contributed by atoms with van der Waals surface area (Å²) in [5, 5.41) is 7.55. The van der Waals surface area contributed by atoms with Crippen LogP contribution in [0.4, 0.5) is 0 Å². The fourth-order valence-corrected chi connectivity index (χ4v) is 0.806. The molecule has 0 spiro atoms. The van der Waals surface area contributed by atoms with Crippen molar-refractivity contribution in [3.05, 3.63) is 0 Å². The number of nitrogens with one attached hydrogen (secondary N) is 1. The maximum atomic E-state index is 7.55. The van der Waals surface area contributed by atoms with Gasteiger partial charge in [0.15, 0.2) is 0 Å². The van der Waals surface area contributed by atoms with Crippen molar-refractivity contribution in [2.75, 3.05) is 27.2 Å². The summed E-state index contributed by atoms with van der Waals surface area (Å²) >= 11 is 0. The molecule has 0 aliphatic heterocycles. The fourth-order valence-electron chi connectivity index (χ4n) is 0.806.